The second kappa shape index (κ2) is 3.20. The van der Waals surface area contributed by atoms with E-state index >= 15 is 0 Å². The first-order valence-corrected chi connectivity index (χ1v) is 4.57. The number of nitrogens with one attached hydrogen (secondary N) is 2. The maximum Gasteiger partial charge on any atom is 0.228 e. The van der Waals surface area contributed by atoms with Gasteiger partial charge in [0.15, 0.2) is 0 Å². The molecule has 1 aromatic rings. The van der Waals surface area contributed by atoms with Gasteiger partial charge >= 0.3 is 0 Å². The Bertz CT molecular complexity index is 290. The van der Waals surface area contributed by atoms with Crippen LogP contribution in [0.3, 0.4) is 0 Å². The Morgan fingerprint density at radius 1 is 1.77 bits per heavy atom. The summed E-state index contributed by atoms with van der Waals surface area (Å²) in [6.07, 6.45) is 4.01. The van der Waals surface area contributed by atoms with Gasteiger partial charge in [0.1, 0.15) is 5.82 Å². The zero-order valence-corrected chi connectivity index (χ0v) is 7.58. The molecular formula is C9H13N3O. The Kier molecular flexibility index (Phi) is 2.04. The Labute approximate surface area is 76.7 Å². The lowest BCUT2D eigenvalue weighted by molar-refractivity contribution is -0.119. The smallest absolute Gasteiger partial charge is 0.228 e. The first-order valence-electron chi connectivity index (χ1n) is 4.57. The number of hydrogen-bond acceptors (Lipinski definition) is 2. The van der Waals surface area contributed by atoms with Gasteiger partial charge in [-0.25, -0.2) is 0 Å². The molecule has 2 rings (SSSR count). The highest BCUT2D eigenvalue weighted by Gasteiger charge is 2.32. The second-order valence-corrected chi connectivity index (χ2v) is 3.59. The fourth-order valence-corrected chi connectivity index (χ4v) is 1.38. The molecule has 1 unspecified atom stereocenters. The first kappa shape index (κ1) is 8.29. The standard InChI is InChI=1S/C9H13N3O/c1-6(7-2-3-7)9(13)11-8-4-5-10-12-8/h4-7H,2-3H2,1H3,(H2,10,11,12,13). The highest BCUT2D eigenvalue weighted by molar-refractivity contribution is 5.91. The lowest BCUT2D eigenvalue weighted by Gasteiger charge is -2.08. The van der Waals surface area contributed by atoms with Crippen molar-refractivity contribution in [1.82, 2.24) is 10.2 Å². The van der Waals surface area contributed by atoms with Gasteiger partial charge in [0.2, 0.25) is 5.91 Å². The number of carbonyl (C=O) groups is 1. The van der Waals surface area contributed by atoms with Crippen LogP contribution in [0.1, 0.15) is 19.8 Å². The van der Waals surface area contributed by atoms with Crippen LogP contribution in [0.15, 0.2) is 12.3 Å². The minimum atomic E-state index is 0.0896. The number of aromatic amines is 1. The van der Waals surface area contributed by atoms with Crippen molar-refractivity contribution < 1.29 is 4.79 Å². The molecule has 70 valence electrons. The molecule has 1 saturated carbocycles. The summed E-state index contributed by atoms with van der Waals surface area (Å²) < 4.78 is 0. The summed E-state index contributed by atoms with van der Waals surface area (Å²) in [5, 5.41) is 9.24. The molecule has 0 bridgehead atoms. The van der Waals surface area contributed by atoms with Crippen LogP contribution in [-0.2, 0) is 4.79 Å². The molecule has 0 spiro atoms. The van der Waals surface area contributed by atoms with E-state index in [-0.39, 0.29) is 11.8 Å². The van der Waals surface area contributed by atoms with E-state index in [0.29, 0.717) is 11.7 Å². The van der Waals surface area contributed by atoms with Crippen molar-refractivity contribution in [3.05, 3.63) is 12.3 Å². The summed E-state index contributed by atoms with van der Waals surface area (Å²) in [5.41, 5.74) is 0. The van der Waals surface area contributed by atoms with Crippen LogP contribution in [0.2, 0.25) is 0 Å². The molecule has 1 atom stereocenters. The molecule has 1 aliphatic rings. The molecule has 4 nitrogen and oxygen atoms in total. The van der Waals surface area contributed by atoms with Crippen molar-refractivity contribution in [2.45, 2.75) is 19.8 Å². The highest BCUT2D eigenvalue weighted by Crippen LogP contribution is 2.36. The van der Waals surface area contributed by atoms with Gasteiger partial charge < -0.3 is 5.32 Å². The number of aromatic nitrogens is 2. The van der Waals surface area contributed by atoms with Crippen LogP contribution in [-0.4, -0.2) is 16.1 Å². The van der Waals surface area contributed by atoms with Gasteiger partial charge in [-0.15, -0.1) is 0 Å². The molecule has 0 saturated heterocycles. The molecular weight excluding hydrogens is 166 g/mol. The van der Waals surface area contributed by atoms with Crippen LogP contribution >= 0.6 is 0 Å². The van der Waals surface area contributed by atoms with E-state index in [1.165, 1.54) is 12.8 Å². The molecule has 0 radical (unpaired) electrons. The minimum absolute atomic E-state index is 0.0896. The van der Waals surface area contributed by atoms with E-state index in [1.54, 1.807) is 12.3 Å². The van der Waals surface area contributed by atoms with Gasteiger partial charge in [-0.3, -0.25) is 9.89 Å². The Balaban J connectivity index is 1.90. The third kappa shape index (κ3) is 1.88. The van der Waals surface area contributed by atoms with Crippen LogP contribution in [0.25, 0.3) is 0 Å². The number of anilines is 1. The first-order chi connectivity index (χ1) is 6.27. The van der Waals surface area contributed by atoms with Gasteiger partial charge in [0.25, 0.3) is 0 Å². The summed E-state index contributed by atoms with van der Waals surface area (Å²) in [5.74, 6) is 1.50. The average molecular weight is 179 g/mol. The lowest BCUT2D eigenvalue weighted by atomic mass is 10.1. The van der Waals surface area contributed by atoms with Crippen molar-refractivity contribution in [3.63, 3.8) is 0 Å². The number of nitrogens with zero attached hydrogens (tertiary/aromatic N) is 1. The molecule has 13 heavy (non-hydrogen) atoms. The van der Waals surface area contributed by atoms with E-state index in [4.69, 9.17) is 0 Å². The summed E-state index contributed by atoms with van der Waals surface area (Å²) >= 11 is 0. The van der Waals surface area contributed by atoms with Crippen LogP contribution in [0.4, 0.5) is 5.82 Å². The molecule has 4 heteroatoms. The third-order valence-corrected chi connectivity index (χ3v) is 2.50. The maximum atomic E-state index is 11.5. The highest BCUT2D eigenvalue weighted by atomic mass is 16.2. The molecule has 1 amide bonds. The van der Waals surface area contributed by atoms with Gasteiger partial charge in [-0.05, 0) is 18.8 Å². The van der Waals surface area contributed by atoms with Crippen LogP contribution in [0.5, 0.6) is 0 Å². The minimum Gasteiger partial charge on any atom is -0.311 e. The van der Waals surface area contributed by atoms with E-state index in [9.17, 15) is 4.79 Å². The average Bonchev–Trinajstić information content (AvgIpc) is 2.85. The Morgan fingerprint density at radius 2 is 2.54 bits per heavy atom. The predicted molar refractivity (Wildman–Crippen MR) is 49.1 cm³/mol. The fraction of sp³-hybridized carbons (Fsp3) is 0.556. The van der Waals surface area contributed by atoms with Gasteiger partial charge in [0.05, 0.1) is 6.20 Å². The lowest BCUT2D eigenvalue weighted by Crippen LogP contribution is -2.21. The quantitative estimate of drug-likeness (QED) is 0.736. The van der Waals surface area contributed by atoms with Gasteiger partial charge in [-0.1, -0.05) is 6.92 Å². The number of H-pyrrole nitrogens is 1. The third-order valence-electron chi connectivity index (χ3n) is 2.50. The monoisotopic (exact) mass is 179 g/mol. The van der Waals surface area contributed by atoms with Crippen LogP contribution < -0.4 is 5.32 Å². The summed E-state index contributed by atoms with van der Waals surface area (Å²) in [6, 6.07) is 1.75. The zero-order chi connectivity index (χ0) is 9.26. The molecule has 0 aromatic carbocycles. The van der Waals surface area contributed by atoms with E-state index < -0.39 is 0 Å². The van der Waals surface area contributed by atoms with Crippen molar-refractivity contribution in [3.8, 4) is 0 Å². The fourth-order valence-electron chi connectivity index (χ4n) is 1.38. The summed E-state index contributed by atoms with van der Waals surface area (Å²) in [6.45, 7) is 1.98. The normalized spacial score (nSPS) is 18.2. The van der Waals surface area contributed by atoms with Crippen molar-refractivity contribution in [1.29, 1.82) is 0 Å². The Morgan fingerprint density at radius 3 is 3.08 bits per heavy atom. The number of rotatable bonds is 3. The molecule has 1 heterocycles. The predicted octanol–water partition coefficient (Wildman–Crippen LogP) is 1.39. The van der Waals surface area contributed by atoms with E-state index in [0.717, 1.165) is 0 Å². The summed E-state index contributed by atoms with van der Waals surface area (Å²) in [7, 11) is 0. The van der Waals surface area contributed by atoms with Gasteiger partial charge in [-0.2, -0.15) is 5.10 Å². The zero-order valence-electron chi connectivity index (χ0n) is 7.58. The molecule has 1 aliphatic carbocycles. The second-order valence-electron chi connectivity index (χ2n) is 3.59. The van der Waals surface area contributed by atoms with E-state index in [1.807, 2.05) is 6.92 Å². The molecule has 1 fully saturated rings. The van der Waals surface area contributed by atoms with Crippen molar-refractivity contribution >= 4 is 11.7 Å². The van der Waals surface area contributed by atoms with Crippen LogP contribution in [0, 0.1) is 11.8 Å². The largest absolute Gasteiger partial charge is 0.311 e. The summed E-state index contributed by atoms with van der Waals surface area (Å²) in [4.78, 5) is 11.5. The molecule has 0 aliphatic heterocycles. The number of hydrogen-bond donors (Lipinski definition) is 2. The van der Waals surface area contributed by atoms with Crippen molar-refractivity contribution in [2.75, 3.05) is 5.32 Å². The number of amides is 1. The Hall–Kier alpha value is -1.32. The topological polar surface area (TPSA) is 57.8 Å². The SMILES string of the molecule is CC(C(=O)Nc1ccn[nH]1)C1CC1. The van der Waals surface area contributed by atoms with E-state index in [2.05, 4.69) is 15.5 Å². The van der Waals surface area contributed by atoms with Crippen molar-refractivity contribution in [2.24, 2.45) is 11.8 Å². The molecule has 1 aromatic heterocycles. The molecule has 2 N–H and O–H groups in total. The number of carbonyl (C=O) groups excluding carboxylic acids is 1. The maximum absolute atomic E-state index is 11.5. The van der Waals surface area contributed by atoms with Gasteiger partial charge in [0, 0.05) is 12.0 Å².